The van der Waals surface area contributed by atoms with Gasteiger partial charge in [0.05, 0.1) is 17.8 Å². The van der Waals surface area contributed by atoms with Gasteiger partial charge in [0, 0.05) is 35.0 Å². The van der Waals surface area contributed by atoms with E-state index < -0.39 is 8.32 Å². The van der Waals surface area contributed by atoms with Gasteiger partial charge in [-0.2, -0.15) is 5.10 Å². The van der Waals surface area contributed by atoms with Crippen LogP contribution in [0.5, 0.6) is 0 Å². The summed E-state index contributed by atoms with van der Waals surface area (Å²) in [5, 5.41) is 5.50. The number of nitrogens with zero attached hydrogens (tertiary/aromatic N) is 5. The molecule has 0 spiro atoms. The molecule has 0 aromatic carbocycles. The molecule has 0 saturated heterocycles. The van der Waals surface area contributed by atoms with Gasteiger partial charge in [-0.15, -0.1) is 0 Å². The van der Waals surface area contributed by atoms with E-state index in [1.54, 1.807) is 17.0 Å². The molecule has 0 aliphatic rings. The van der Waals surface area contributed by atoms with E-state index in [0.29, 0.717) is 12.4 Å². The van der Waals surface area contributed by atoms with Crippen molar-refractivity contribution in [2.45, 2.75) is 52.4 Å². The Morgan fingerprint density at radius 1 is 1.03 bits per heavy atom. The van der Waals surface area contributed by atoms with Crippen molar-refractivity contribution in [3.8, 4) is 11.1 Å². The van der Waals surface area contributed by atoms with Crippen molar-refractivity contribution < 1.29 is 4.43 Å². The Kier molecular flexibility index (Phi) is 4.86. The fraction of sp³-hybridized carbons (Fsp3) is 0.364. The molecule has 30 heavy (non-hydrogen) atoms. The van der Waals surface area contributed by atoms with E-state index in [0.717, 1.165) is 38.9 Å². The number of nitrogen functional groups attached to an aromatic ring is 1. The number of aromatic nitrogens is 5. The molecule has 0 aliphatic heterocycles. The molecule has 4 aromatic heterocycles. The fourth-order valence-corrected chi connectivity index (χ4v) is 4.17. The molecule has 7 nitrogen and oxygen atoms in total. The minimum atomic E-state index is -1.82. The average Bonchev–Trinajstić information content (AvgIpc) is 3.16. The predicted molar refractivity (Wildman–Crippen MR) is 123 cm³/mol. The minimum Gasteiger partial charge on any atom is -0.411 e. The summed E-state index contributed by atoms with van der Waals surface area (Å²) in [5.74, 6) is 0.455. The lowest BCUT2D eigenvalue weighted by Gasteiger charge is -2.36. The Hall–Kier alpha value is -2.84. The van der Waals surface area contributed by atoms with Crippen LogP contribution in [0.15, 0.2) is 36.9 Å². The van der Waals surface area contributed by atoms with E-state index in [9.17, 15) is 0 Å². The van der Waals surface area contributed by atoms with Gasteiger partial charge in [-0.3, -0.25) is 4.98 Å². The zero-order chi connectivity index (χ0) is 21.7. The molecule has 4 rings (SSSR count). The predicted octanol–water partition coefficient (Wildman–Crippen LogP) is 4.75. The highest BCUT2D eigenvalue weighted by molar-refractivity contribution is 6.74. The quantitative estimate of drug-likeness (QED) is 0.479. The highest BCUT2D eigenvalue weighted by atomic mass is 28.4. The summed E-state index contributed by atoms with van der Waals surface area (Å²) >= 11 is 0. The van der Waals surface area contributed by atoms with E-state index in [2.05, 4.69) is 68.0 Å². The second kappa shape index (κ2) is 7.14. The van der Waals surface area contributed by atoms with Crippen LogP contribution in [0.4, 0.5) is 5.82 Å². The van der Waals surface area contributed by atoms with Crippen LogP contribution in [0.1, 0.15) is 32.0 Å². The first-order chi connectivity index (χ1) is 14.1. The van der Waals surface area contributed by atoms with E-state index in [-0.39, 0.29) is 5.04 Å². The first-order valence-corrected chi connectivity index (χ1v) is 13.0. The Morgan fingerprint density at radius 3 is 2.50 bits per heavy atom. The number of fused-ring (bicyclic) bond motifs is 3. The molecule has 4 aromatic rings. The van der Waals surface area contributed by atoms with E-state index in [1.165, 1.54) is 0 Å². The standard InChI is InChI=1S/C22H28N6OSi/c1-14-7-16(12-29-30(5,6)22(2,3)4)24-11-18(14)17-8-15-10-25-20(23)9-19(15)28-21(17)26-13-27-28/h7-11,13H,12H2,1-6H3,(H2,23,25). The third kappa shape index (κ3) is 3.57. The average molecular weight is 421 g/mol. The lowest BCUT2D eigenvalue weighted by molar-refractivity contribution is 0.272. The Bertz CT molecular complexity index is 1240. The van der Waals surface area contributed by atoms with Gasteiger partial charge in [0.15, 0.2) is 14.0 Å². The maximum atomic E-state index is 6.34. The number of hydrogen-bond acceptors (Lipinski definition) is 6. The van der Waals surface area contributed by atoms with Crippen LogP contribution < -0.4 is 5.73 Å². The largest absolute Gasteiger partial charge is 0.411 e. The molecule has 8 heteroatoms. The number of anilines is 1. The van der Waals surface area contributed by atoms with Crippen LogP contribution in [-0.4, -0.2) is 32.9 Å². The van der Waals surface area contributed by atoms with Gasteiger partial charge >= 0.3 is 0 Å². The number of pyridine rings is 3. The van der Waals surface area contributed by atoms with Crippen molar-refractivity contribution in [1.82, 2.24) is 24.6 Å². The van der Waals surface area contributed by atoms with Gasteiger partial charge in [0.25, 0.3) is 0 Å². The topological polar surface area (TPSA) is 91.2 Å². The van der Waals surface area contributed by atoms with Crippen LogP contribution in [0, 0.1) is 6.92 Å². The fourth-order valence-electron chi connectivity index (χ4n) is 3.23. The molecule has 0 bridgehead atoms. The minimum absolute atomic E-state index is 0.170. The molecule has 0 radical (unpaired) electrons. The van der Waals surface area contributed by atoms with Crippen molar-refractivity contribution >= 4 is 30.7 Å². The third-order valence-electron chi connectivity index (χ3n) is 6.09. The number of aryl methyl sites for hydroxylation is 1. The van der Waals surface area contributed by atoms with Crippen molar-refractivity contribution in [3.05, 3.63) is 48.2 Å². The monoisotopic (exact) mass is 420 g/mol. The highest BCUT2D eigenvalue weighted by Gasteiger charge is 2.37. The summed E-state index contributed by atoms with van der Waals surface area (Å²) in [7, 11) is -1.82. The van der Waals surface area contributed by atoms with Crippen molar-refractivity contribution in [2.75, 3.05) is 5.73 Å². The second-order valence-electron chi connectivity index (χ2n) is 9.26. The Labute approximate surface area is 177 Å². The van der Waals surface area contributed by atoms with Crippen LogP contribution in [0.3, 0.4) is 0 Å². The Balaban J connectivity index is 1.72. The lowest BCUT2D eigenvalue weighted by atomic mass is 10.0. The summed E-state index contributed by atoms with van der Waals surface area (Å²) in [5.41, 5.74) is 11.6. The molecule has 0 amide bonds. The van der Waals surface area contributed by atoms with Crippen molar-refractivity contribution in [1.29, 1.82) is 0 Å². The van der Waals surface area contributed by atoms with Gasteiger partial charge in [-0.25, -0.2) is 14.5 Å². The summed E-state index contributed by atoms with van der Waals surface area (Å²) < 4.78 is 8.14. The summed E-state index contributed by atoms with van der Waals surface area (Å²) in [6.07, 6.45) is 5.22. The molecular formula is C22H28N6OSi. The SMILES string of the molecule is Cc1cc(CO[Si](C)(C)C(C)(C)C)ncc1-c1cc2cnc(N)cc2n2ncnc12. The number of rotatable bonds is 4. The van der Waals surface area contributed by atoms with Gasteiger partial charge < -0.3 is 10.2 Å². The summed E-state index contributed by atoms with van der Waals surface area (Å²) in [4.78, 5) is 13.4. The lowest BCUT2D eigenvalue weighted by Crippen LogP contribution is -2.40. The molecule has 0 fully saturated rings. The van der Waals surface area contributed by atoms with Gasteiger partial charge in [0.1, 0.15) is 12.1 Å². The maximum absolute atomic E-state index is 6.34. The molecule has 0 atom stereocenters. The first-order valence-electron chi connectivity index (χ1n) is 10.0. The van der Waals surface area contributed by atoms with Crippen molar-refractivity contribution in [2.24, 2.45) is 0 Å². The van der Waals surface area contributed by atoms with Crippen LogP contribution >= 0.6 is 0 Å². The van der Waals surface area contributed by atoms with Gasteiger partial charge in [0.2, 0.25) is 0 Å². The molecular weight excluding hydrogens is 392 g/mol. The molecule has 0 aliphatic carbocycles. The van der Waals surface area contributed by atoms with E-state index in [4.69, 9.17) is 15.1 Å². The smallest absolute Gasteiger partial charge is 0.192 e. The second-order valence-corrected chi connectivity index (χ2v) is 14.1. The van der Waals surface area contributed by atoms with Crippen LogP contribution in [-0.2, 0) is 11.0 Å². The molecule has 0 saturated carbocycles. The highest BCUT2D eigenvalue weighted by Crippen LogP contribution is 2.37. The Morgan fingerprint density at radius 2 is 1.80 bits per heavy atom. The third-order valence-corrected chi connectivity index (χ3v) is 10.6. The zero-order valence-corrected chi connectivity index (χ0v) is 19.4. The number of hydrogen-bond donors (Lipinski definition) is 1. The van der Waals surface area contributed by atoms with E-state index in [1.807, 2.05) is 12.3 Å². The molecule has 0 unspecified atom stereocenters. The van der Waals surface area contributed by atoms with Crippen LogP contribution in [0.25, 0.3) is 27.7 Å². The normalized spacial score (nSPS) is 12.7. The first kappa shape index (κ1) is 20.4. The van der Waals surface area contributed by atoms with Crippen molar-refractivity contribution in [3.63, 3.8) is 0 Å². The summed E-state index contributed by atoms with van der Waals surface area (Å²) in [6, 6.07) is 5.98. The molecule has 2 N–H and O–H groups in total. The number of nitrogens with two attached hydrogens (primary N) is 1. The molecule has 4 heterocycles. The van der Waals surface area contributed by atoms with E-state index >= 15 is 0 Å². The zero-order valence-electron chi connectivity index (χ0n) is 18.4. The van der Waals surface area contributed by atoms with Crippen LogP contribution in [0.2, 0.25) is 18.1 Å². The summed E-state index contributed by atoms with van der Waals surface area (Å²) in [6.45, 7) is 13.9. The molecule has 156 valence electrons. The maximum Gasteiger partial charge on any atom is 0.192 e. The van der Waals surface area contributed by atoms with Gasteiger partial charge in [-0.1, -0.05) is 20.8 Å². The van der Waals surface area contributed by atoms with Gasteiger partial charge in [-0.05, 0) is 42.8 Å².